The standard InChI is InChI=1S/C18H18N6O3/c1-13-21-16(12-17(22-13)23-9-2-3-10-23)19-7-8-20-18(25)14-5-4-6-15(11-14)24(26)27/h2-6,9-12H,7-8H2,1H3,(H,20,25)(H,19,21,22). The fraction of sp³-hybridized carbons (Fsp3) is 0.167. The summed E-state index contributed by atoms with van der Waals surface area (Å²) >= 11 is 0. The maximum Gasteiger partial charge on any atom is 0.270 e. The van der Waals surface area contributed by atoms with Gasteiger partial charge in [-0.3, -0.25) is 14.9 Å². The van der Waals surface area contributed by atoms with Crippen molar-refractivity contribution in [1.82, 2.24) is 19.9 Å². The van der Waals surface area contributed by atoms with Crippen LogP contribution in [0.3, 0.4) is 0 Å². The molecule has 1 amide bonds. The zero-order valence-electron chi connectivity index (χ0n) is 14.6. The van der Waals surface area contributed by atoms with Crippen molar-refractivity contribution >= 4 is 17.4 Å². The number of hydrogen-bond donors (Lipinski definition) is 2. The summed E-state index contributed by atoms with van der Waals surface area (Å²) < 4.78 is 1.88. The van der Waals surface area contributed by atoms with Gasteiger partial charge in [0.05, 0.1) is 4.92 Å². The third-order valence-corrected chi connectivity index (χ3v) is 3.73. The minimum absolute atomic E-state index is 0.116. The molecule has 2 aromatic heterocycles. The van der Waals surface area contributed by atoms with Crippen LogP contribution in [-0.2, 0) is 0 Å². The molecule has 138 valence electrons. The van der Waals surface area contributed by atoms with Crippen molar-refractivity contribution in [3.8, 4) is 5.82 Å². The number of amides is 1. The fourth-order valence-electron chi connectivity index (χ4n) is 2.49. The van der Waals surface area contributed by atoms with Crippen molar-refractivity contribution in [2.24, 2.45) is 0 Å². The highest BCUT2D eigenvalue weighted by Gasteiger charge is 2.11. The Morgan fingerprint density at radius 1 is 1.15 bits per heavy atom. The highest BCUT2D eigenvalue weighted by molar-refractivity contribution is 5.94. The summed E-state index contributed by atoms with van der Waals surface area (Å²) in [5, 5.41) is 16.6. The van der Waals surface area contributed by atoms with E-state index in [1.54, 1.807) is 0 Å². The van der Waals surface area contributed by atoms with Gasteiger partial charge in [0.1, 0.15) is 17.5 Å². The molecule has 0 saturated carbocycles. The second kappa shape index (κ2) is 8.09. The first-order valence-corrected chi connectivity index (χ1v) is 8.28. The molecule has 0 atom stereocenters. The smallest absolute Gasteiger partial charge is 0.270 e. The van der Waals surface area contributed by atoms with E-state index in [2.05, 4.69) is 20.6 Å². The highest BCUT2D eigenvalue weighted by Crippen LogP contribution is 2.13. The Kier molecular flexibility index (Phi) is 5.41. The number of benzene rings is 1. The monoisotopic (exact) mass is 366 g/mol. The van der Waals surface area contributed by atoms with Crippen LogP contribution >= 0.6 is 0 Å². The van der Waals surface area contributed by atoms with Gasteiger partial charge in [0.15, 0.2) is 0 Å². The van der Waals surface area contributed by atoms with Crippen molar-refractivity contribution in [3.63, 3.8) is 0 Å². The third kappa shape index (κ3) is 4.66. The molecule has 9 nitrogen and oxygen atoms in total. The number of carbonyl (C=O) groups is 1. The number of nitro groups is 1. The lowest BCUT2D eigenvalue weighted by molar-refractivity contribution is -0.384. The molecule has 0 bridgehead atoms. The van der Waals surface area contributed by atoms with E-state index in [0.29, 0.717) is 24.7 Å². The number of nitrogens with zero attached hydrogens (tertiary/aromatic N) is 4. The van der Waals surface area contributed by atoms with Gasteiger partial charge >= 0.3 is 0 Å². The Balaban J connectivity index is 1.55. The van der Waals surface area contributed by atoms with E-state index in [-0.39, 0.29) is 17.2 Å². The predicted octanol–water partition coefficient (Wildman–Crippen LogP) is 2.33. The highest BCUT2D eigenvalue weighted by atomic mass is 16.6. The number of nitrogens with one attached hydrogen (secondary N) is 2. The van der Waals surface area contributed by atoms with Crippen LogP contribution in [0.2, 0.25) is 0 Å². The molecule has 0 fully saturated rings. The van der Waals surface area contributed by atoms with Gasteiger partial charge in [-0.2, -0.15) is 0 Å². The van der Waals surface area contributed by atoms with Crippen molar-refractivity contribution < 1.29 is 9.72 Å². The van der Waals surface area contributed by atoms with Gasteiger partial charge in [0.25, 0.3) is 11.6 Å². The number of nitro benzene ring substituents is 1. The minimum Gasteiger partial charge on any atom is -0.368 e. The average Bonchev–Trinajstić information content (AvgIpc) is 3.19. The molecular weight excluding hydrogens is 348 g/mol. The molecule has 2 N–H and O–H groups in total. The van der Waals surface area contributed by atoms with E-state index < -0.39 is 4.92 Å². The van der Waals surface area contributed by atoms with Gasteiger partial charge < -0.3 is 15.2 Å². The second-order valence-corrected chi connectivity index (χ2v) is 5.74. The fourth-order valence-corrected chi connectivity index (χ4v) is 2.49. The molecule has 0 aliphatic carbocycles. The molecule has 0 spiro atoms. The van der Waals surface area contributed by atoms with Crippen molar-refractivity contribution in [3.05, 3.63) is 76.4 Å². The SMILES string of the molecule is Cc1nc(NCCNC(=O)c2cccc([N+](=O)[O-])c2)cc(-n2cccc2)n1. The van der Waals surface area contributed by atoms with E-state index in [1.807, 2.05) is 42.1 Å². The Morgan fingerprint density at radius 2 is 1.93 bits per heavy atom. The average molecular weight is 366 g/mol. The Bertz CT molecular complexity index is 955. The van der Waals surface area contributed by atoms with Crippen LogP contribution in [0.25, 0.3) is 5.82 Å². The summed E-state index contributed by atoms with van der Waals surface area (Å²) in [6.07, 6.45) is 3.79. The molecule has 0 aliphatic rings. The van der Waals surface area contributed by atoms with Crippen LogP contribution in [0.4, 0.5) is 11.5 Å². The van der Waals surface area contributed by atoms with Gasteiger partial charge in [-0.25, -0.2) is 9.97 Å². The van der Waals surface area contributed by atoms with Crippen LogP contribution in [-0.4, -0.2) is 38.5 Å². The van der Waals surface area contributed by atoms with E-state index in [9.17, 15) is 14.9 Å². The first kappa shape index (κ1) is 18.1. The summed E-state index contributed by atoms with van der Waals surface area (Å²) in [7, 11) is 0. The predicted molar refractivity (Wildman–Crippen MR) is 100 cm³/mol. The number of non-ortho nitro benzene ring substituents is 1. The van der Waals surface area contributed by atoms with Gasteiger partial charge in [0.2, 0.25) is 0 Å². The number of hydrogen-bond acceptors (Lipinski definition) is 6. The van der Waals surface area contributed by atoms with E-state index in [4.69, 9.17) is 0 Å². The minimum atomic E-state index is -0.530. The Hall–Kier alpha value is -3.75. The molecule has 0 aliphatic heterocycles. The van der Waals surface area contributed by atoms with Crippen LogP contribution in [0.1, 0.15) is 16.2 Å². The van der Waals surface area contributed by atoms with Crippen LogP contribution in [0.15, 0.2) is 54.9 Å². The molecule has 0 unspecified atom stereocenters. The van der Waals surface area contributed by atoms with E-state index >= 15 is 0 Å². The molecule has 0 radical (unpaired) electrons. The van der Waals surface area contributed by atoms with E-state index in [0.717, 1.165) is 5.82 Å². The lowest BCUT2D eigenvalue weighted by Gasteiger charge is -2.10. The van der Waals surface area contributed by atoms with Crippen molar-refractivity contribution in [2.75, 3.05) is 18.4 Å². The van der Waals surface area contributed by atoms with Gasteiger partial charge in [0, 0.05) is 49.2 Å². The van der Waals surface area contributed by atoms with Gasteiger partial charge in [-0.15, -0.1) is 0 Å². The normalized spacial score (nSPS) is 10.4. The van der Waals surface area contributed by atoms with Crippen molar-refractivity contribution in [2.45, 2.75) is 6.92 Å². The van der Waals surface area contributed by atoms with Crippen LogP contribution < -0.4 is 10.6 Å². The molecule has 3 rings (SSSR count). The Labute approximate surface area is 155 Å². The second-order valence-electron chi connectivity index (χ2n) is 5.74. The molecule has 3 aromatic rings. The maximum absolute atomic E-state index is 12.1. The number of anilines is 1. The largest absolute Gasteiger partial charge is 0.368 e. The lowest BCUT2D eigenvalue weighted by Crippen LogP contribution is -2.29. The third-order valence-electron chi connectivity index (χ3n) is 3.73. The topological polar surface area (TPSA) is 115 Å². The first-order valence-electron chi connectivity index (χ1n) is 8.28. The molecule has 1 aromatic carbocycles. The van der Waals surface area contributed by atoms with E-state index in [1.165, 1.54) is 24.3 Å². The summed E-state index contributed by atoms with van der Waals surface area (Å²) in [6, 6.07) is 11.3. The summed E-state index contributed by atoms with van der Waals surface area (Å²) in [4.78, 5) is 31.1. The zero-order chi connectivity index (χ0) is 19.2. The van der Waals surface area contributed by atoms with Crippen LogP contribution in [0.5, 0.6) is 0 Å². The number of carbonyl (C=O) groups excluding carboxylic acids is 1. The quantitative estimate of drug-likeness (QED) is 0.377. The van der Waals surface area contributed by atoms with Gasteiger partial charge in [-0.05, 0) is 25.1 Å². The molecular formula is C18H18N6O3. The number of rotatable bonds is 7. The summed E-state index contributed by atoms with van der Waals surface area (Å²) in [6.45, 7) is 2.59. The molecule has 2 heterocycles. The zero-order valence-corrected chi connectivity index (χ0v) is 14.6. The number of aromatic nitrogens is 3. The van der Waals surface area contributed by atoms with Crippen molar-refractivity contribution in [1.29, 1.82) is 0 Å². The molecule has 27 heavy (non-hydrogen) atoms. The summed E-state index contributed by atoms with van der Waals surface area (Å²) in [5.41, 5.74) is 0.131. The van der Waals surface area contributed by atoms with Gasteiger partial charge in [-0.1, -0.05) is 6.07 Å². The van der Waals surface area contributed by atoms with Crippen LogP contribution in [0, 0.1) is 17.0 Å². The summed E-state index contributed by atoms with van der Waals surface area (Å²) in [5.74, 6) is 1.66. The number of aryl methyl sites for hydroxylation is 1. The Morgan fingerprint density at radius 3 is 2.67 bits per heavy atom. The first-order chi connectivity index (χ1) is 13.0. The molecule has 9 heteroatoms. The lowest BCUT2D eigenvalue weighted by atomic mass is 10.2. The maximum atomic E-state index is 12.1. The molecule has 0 saturated heterocycles.